The van der Waals surface area contributed by atoms with E-state index in [1.807, 2.05) is 25.1 Å². The number of rotatable bonds is 9. The lowest BCUT2D eigenvalue weighted by atomic mass is 10.2. The fourth-order valence-electron chi connectivity index (χ4n) is 4.22. The first-order valence-corrected chi connectivity index (χ1v) is 13.8. The molecule has 0 aliphatic carbocycles. The Balaban J connectivity index is 1.45. The topological polar surface area (TPSA) is 70.2 Å². The smallest absolute Gasteiger partial charge is 0.264 e. The summed E-state index contributed by atoms with van der Waals surface area (Å²) in [4.78, 5) is 17.5. The van der Waals surface area contributed by atoms with Gasteiger partial charge in [-0.05, 0) is 36.8 Å². The van der Waals surface area contributed by atoms with Crippen LogP contribution in [0.3, 0.4) is 0 Å². The fourth-order valence-corrected chi connectivity index (χ4v) is 5.63. The van der Waals surface area contributed by atoms with Crippen LogP contribution in [0.4, 0.5) is 5.69 Å². The summed E-state index contributed by atoms with van der Waals surface area (Å²) in [6, 6.07) is 23.6. The third kappa shape index (κ3) is 6.78. The Bertz CT molecular complexity index is 1320. The van der Waals surface area contributed by atoms with E-state index in [0.29, 0.717) is 24.5 Å². The molecule has 0 spiro atoms. The normalized spacial score (nSPS) is 14.6. The van der Waals surface area contributed by atoms with Crippen molar-refractivity contribution in [3.05, 3.63) is 96.1 Å². The van der Waals surface area contributed by atoms with Gasteiger partial charge in [-0.25, -0.2) is 8.42 Å². The Morgan fingerprint density at radius 2 is 1.65 bits per heavy atom. The molecule has 3 aromatic carbocycles. The molecule has 1 heterocycles. The van der Waals surface area contributed by atoms with Gasteiger partial charge in [0.15, 0.2) is 0 Å². The van der Waals surface area contributed by atoms with E-state index in [1.54, 1.807) is 53.4 Å². The van der Waals surface area contributed by atoms with E-state index in [2.05, 4.69) is 29.2 Å². The van der Waals surface area contributed by atoms with Crippen LogP contribution >= 0.6 is 0 Å². The molecule has 1 saturated heterocycles. The number of hydrogen-bond donors (Lipinski definition) is 0. The highest BCUT2D eigenvalue weighted by Gasteiger charge is 2.30. The van der Waals surface area contributed by atoms with Gasteiger partial charge in [-0.3, -0.25) is 14.0 Å². The number of benzene rings is 3. The van der Waals surface area contributed by atoms with E-state index in [0.717, 1.165) is 30.8 Å². The molecule has 0 aromatic heterocycles. The molecule has 4 rings (SSSR count). The van der Waals surface area contributed by atoms with Gasteiger partial charge in [0.25, 0.3) is 10.0 Å². The summed E-state index contributed by atoms with van der Waals surface area (Å²) in [7, 11) is -2.44. The van der Waals surface area contributed by atoms with Crippen LogP contribution in [0, 0.1) is 6.92 Å². The zero-order valence-electron chi connectivity index (χ0n) is 21.3. The molecule has 0 unspecified atom stereocenters. The number of methoxy groups -OCH3 is 1. The number of nitrogens with zero attached hydrogens (tertiary/aromatic N) is 3. The van der Waals surface area contributed by atoms with E-state index in [-0.39, 0.29) is 17.3 Å². The Hall–Kier alpha value is -3.62. The molecule has 7 nitrogen and oxygen atoms in total. The minimum Gasteiger partial charge on any atom is -0.497 e. The Labute approximate surface area is 219 Å². The van der Waals surface area contributed by atoms with Crippen molar-refractivity contribution in [2.75, 3.05) is 50.7 Å². The van der Waals surface area contributed by atoms with Crippen LogP contribution in [0.25, 0.3) is 6.08 Å². The largest absolute Gasteiger partial charge is 0.497 e. The predicted octanol–water partition coefficient (Wildman–Crippen LogP) is 4.06. The molecule has 3 aromatic rings. The van der Waals surface area contributed by atoms with Gasteiger partial charge in [0.05, 0.1) is 17.7 Å². The maximum atomic E-state index is 13.6. The molecule has 0 saturated carbocycles. The van der Waals surface area contributed by atoms with E-state index >= 15 is 0 Å². The molecule has 0 bridgehead atoms. The number of carbonyl (C=O) groups excluding carboxylic acids is 1. The minimum atomic E-state index is -3.97. The average Bonchev–Trinajstić information content (AvgIpc) is 2.92. The molecule has 0 radical (unpaired) electrons. The molecule has 1 amide bonds. The van der Waals surface area contributed by atoms with Crippen molar-refractivity contribution in [2.45, 2.75) is 11.8 Å². The van der Waals surface area contributed by atoms with Gasteiger partial charge in [0.2, 0.25) is 5.91 Å². The lowest BCUT2D eigenvalue weighted by Gasteiger charge is -2.35. The SMILES string of the molecule is COc1cccc(N(CC(=O)N2CCN(C/C=C/c3ccccc3)CC2)S(=O)(=O)c2ccc(C)cc2)c1. The minimum absolute atomic E-state index is 0.142. The van der Waals surface area contributed by atoms with E-state index in [1.165, 1.54) is 11.4 Å². The second kappa shape index (κ2) is 12.1. The number of carbonyl (C=O) groups is 1. The average molecular weight is 520 g/mol. The van der Waals surface area contributed by atoms with E-state index in [4.69, 9.17) is 4.74 Å². The number of aryl methyl sites for hydroxylation is 1. The number of piperazine rings is 1. The second-order valence-electron chi connectivity index (χ2n) is 9.02. The fraction of sp³-hybridized carbons (Fsp3) is 0.276. The summed E-state index contributed by atoms with van der Waals surface area (Å²) in [5.41, 5.74) is 2.50. The van der Waals surface area contributed by atoms with Gasteiger partial charge in [0, 0.05) is 38.8 Å². The van der Waals surface area contributed by atoms with Crippen LogP contribution in [0.15, 0.2) is 89.8 Å². The first-order chi connectivity index (χ1) is 17.9. The quantitative estimate of drug-likeness (QED) is 0.427. The molecule has 1 aliphatic heterocycles. The molecule has 1 aliphatic rings. The van der Waals surface area contributed by atoms with Crippen molar-refractivity contribution >= 4 is 27.7 Å². The van der Waals surface area contributed by atoms with Gasteiger partial charge in [0.1, 0.15) is 12.3 Å². The maximum absolute atomic E-state index is 13.6. The molecule has 194 valence electrons. The number of hydrogen-bond acceptors (Lipinski definition) is 5. The summed E-state index contributed by atoms with van der Waals surface area (Å²) < 4.78 is 33.8. The van der Waals surface area contributed by atoms with Crippen molar-refractivity contribution < 1.29 is 17.9 Å². The Morgan fingerprint density at radius 3 is 2.32 bits per heavy atom. The zero-order chi connectivity index (χ0) is 26.3. The van der Waals surface area contributed by atoms with Crippen LogP contribution in [0.1, 0.15) is 11.1 Å². The molecule has 0 atom stereocenters. The van der Waals surface area contributed by atoms with Crippen molar-refractivity contribution in [1.29, 1.82) is 0 Å². The van der Waals surface area contributed by atoms with Gasteiger partial charge >= 0.3 is 0 Å². The number of amides is 1. The van der Waals surface area contributed by atoms with Gasteiger partial charge in [-0.2, -0.15) is 0 Å². The van der Waals surface area contributed by atoms with Gasteiger partial charge < -0.3 is 9.64 Å². The lowest BCUT2D eigenvalue weighted by molar-refractivity contribution is -0.131. The van der Waals surface area contributed by atoms with Crippen LogP contribution in [-0.2, 0) is 14.8 Å². The van der Waals surface area contributed by atoms with E-state index in [9.17, 15) is 13.2 Å². The van der Waals surface area contributed by atoms with Crippen molar-refractivity contribution in [3.63, 3.8) is 0 Å². The van der Waals surface area contributed by atoms with Gasteiger partial charge in [-0.15, -0.1) is 0 Å². The van der Waals surface area contributed by atoms with Crippen LogP contribution in [0.5, 0.6) is 5.75 Å². The standard InChI is InChI=1S/C29H33N3O4S/c1-24-13-15-28(16-14-24)37(34,35)32(26-11-6-12-27(22-26)36-2)23-29(33)31-20-18-30(19-21-31)17-7-10-25-8-4-3-5-9-25/h3-16,22H,17-21,23H2,1-2H3/b10-7+. The molecular formula is C29H33N3O4S. The molecular weight excluding hydrogens is 486 g/mol. The zero-order valence-corrected chi connectivity index (χ0v) is 22.1. The van der Waals surface area contributed by atoms with Crippen molar-refractivity contribution in [3.8, 4) is 5.75 Å². The Morgan fingerprint density at radius 1 is 0.946 bits per heavy atom. The van der Waals surface area contributed by atoms with Crippen LogP contribution in [0.2, 0.25) is 0 Å². The molecule has 1 fully saturated rings. The van der Waals surface area contributed by atoms with Crippen LogP contribution in [-0.4, -0.2) is 70.5 Å². The summed E-state index contributed by atoms with van der Waals surface area (Å²) in [5.74, 6) is 0.296. The number of anilines is 1. The molecule has 8 heteroatoms. The summed E-state index contributed by atoms with van der Waals surface area (Å²) >= 11 is 0. The number of ether oxygens (including phenoxy) is 1. The van der Waals surface area contributed by atoms with Crippen molar-refractivity contribution in [1.82, 2.24) is 9.80 Å². The highest BCUT2D eigenvalue weighted by atomic mass is 32.2. The maximum Gasteiger partial charge on any atom is 0.264 e. The van der Waals surface area contributed by atoms with Crippen molar-refractivity contribution in [2.24, 2.45) is 0 Å². The summed E-state index contributed by atoms with van der Waals surface area (Å²) in [6.45, 7) is 4.98. The first-order valence-electron chi connectivity index (χ1n) is 12.3. The highest BCUT2D eigenvalue weighted by molar-refractivity contribution is 7.92. The molecule has 37 heavy (non-hydrogen) atoms. The summed E-state index contributed by atoms with van der Waals surface area (Å²) in [6.07, 6.45) is 4.23. The highest BCUT2D eigenvalue weighted by Crippen LogP contribution is 2.27. The number of sulfonamides is 1. The van der Waals surface area contributed by atoms with Crippen LogP contribution < -0.4 is 9.04 Å². The monoisotopic (exact) mass is 519 g/mol. The van der Waals surface area contributed by atoms with Gasteiger partial charge in [-0.1, -0.05) is 66.2 Å². The first kappa shape index (κ1) is 26.4. The Kier molecular flexibility index (Phi) is 8.63. The summed E-state index contributed by atoms with van der Waals surface area (Å²) in [5, 5.41) is 0. The van der Waals surface area contributed by atoms with E-state index < -0.39 is 10.0 Å². The third-order valence-corrected chi connectivity index (χ3v) is 8.22. The predicted molar refractivity (Wildman–Crippen MR) is 147 cm³/mol. The molecule has 0 N–H and O–H groups in total. The lowest BCUT2D eigenvalue weighted by Crippen LogP contribution is -2.51. The second-order valence-corrected chi connectivity index (χ2v) is 10.9. The third-order valence-electron chi connectivity index (χ3n) is 6.43.